The smallest absolute Gasteiger partial charge is 0.273 e. The molecule has 41 heavy (non-hydrogen) atoms. The van der Waals surface area contributed by atoms with Crippen molar-refractivity contribution in [3.63, 3.8) is 0 Å². The third-order valence-electron chi connectivity index (χ3n) is 6.41. The summed E-state index contributed by atoms with van der Waals surface area (Å²) in [5.74, 6) is 1.62. The molecule has 0 spiro atoms. The van der Waals surface area contributed by atoms with Crippen LogP contribution in [0.3, 0.4) is 0 Å². The average Bonchev–Trinajstić information content (AvgIpc) is 3.62. The van der Waals surface area contributed by atoms with Crippen LogP contribution in [0, 0.1) is 0 Å². The van der Waals surface area contributed by atoms with Gasteiger partial charge in [0.25, 0.3) is 11.4 Å². The lowest BCUT2D eigenvalue weighted by molar-refractivity contribution is 0.276. The highest BCUT2D eigenvalue weighted by molar-refractivity contribution is 5.77. The molecule has 4 N–H and O–H groups in total. The van der Waals surface area contributed by atoms with Crippen LogP contribution in [-0.4, -0.2) is 51.6 Å². The van der Waals surface area contributed by atoms with E-state index in [1.807, 2.05) is 44.2 Å². The molecule has 206 valence electrons. The summed E-state index contributed by atoms with van der Waals surface area (Å²) in [5, 5.41) is 24.0. The maximum absolute atomic E-state index is 12.3. The number of H-pyrrole nitrogens is 1. The van der Waals surface area contributed by atoms with Crippen LogP contribution < -0.4 is 16.2 Å². The van der Waals surface area contributed by atoms with Gasteiger partial charge >= 0.3 is 0 Å². The molecule has 6 aromatic rings. The second-order valence-corrected chi connectivity index (χ2v) is 9.50. The Morgan fingerprint density at radius 3 is 2.59 bits per heavy atom. The number of aliphatic hydroxyl groups excluding tert-OH is 1. The summed E-state index contributed by atoms with van der Waals surface area (Å²) < 4.78 is 7.29. The fraction of sp³-hybridized carbons (Fsp3) is 0.179. The highest BCUT2D eigenvalue weighted by Gasteiger charge is 2.21. The van der Waals surface area contributed by atoms with E-state index in [2.05, 4.69) is 45.8 Å². The number of aliphatic hydroxyl groups is 1. The van der Waals surface area contributed by atoms with Gasteiger partial charge in [-0.25, -0.2) is 9.97 Å². The Kier molecular flexibility index (Phi) is 6.92. The molecule has 0 aliphatic rings. The molecule has 0 aliphatic carbocycles. The molecule has 1 aromatic carbocycles. The number of nitrogens with one attached hydrogen (secondary N) is 3. The molecular formula is C28H26N10O3. The quantitative estimate of drug-likeness (QED) is 0.204. The molecule has 0 aliphatic heterocycles. The molecular weight excluding hydrogens is 524 g/mol. The van der Waals surface area contributed by atoms with Crippen LogP contribution in [0.15, 0.2) is 82.5 Å². The van der Waals surface area contributed by atoms with E-state index < -0.39 is 6.04 Å². The fourth-order valence-electron chi connectivity index (χ4n) is 4.33. The number of rotatable bonds is 9. The summed E-state index contributed by atoms with van der Waals surface area (Å²) in [5.41, 5.74) is 2.36. The van der Waals surface area contributed by atoms with Crippen LogP contribution >= 0.6 is 0 Å². The molecule has 0 radical (unpaired) electrons. The molecule has 0 saturated heterocycles. The van der Waals surface area contributed by atoms with Gasteiger partial charge in [0, 0.05) is 30.2 Å². The largest absolute Gasteiger partial charge is 0.394 e. The van der Waals surface area contributed by atoms with E-state index in [0.717, 1.165) is 11.1 Å². The Morgan fingerprint density at radius 1 is 1.02 bits per heavy atom. The highest BCUT2D eigenvalue weighted by atomic mass is 16.5. The first-order chi connectivity index (χ1) is 20.0. The SMILES string of the molecule is CC(C)n1[nH]c(=O)c2ccc(Nc3ncc(-c4nc(-c5ccncc5)no4)c(N[C@H](CO)c4ccccc4)n3)nc21. The lowest BCUT2D eigenvalue weighted by Crippen LogP contribution is -2.17. The predicted molar refractivity (Wildman–Crippen MR) is 152 cm³/mol. The lowest BCUT2D eigenvalue weighted by Gasteiger charge is -2.19. The van der Waals surface area contributed by atoms with E-state index in [-0.39, 0.29) is 30.0 Å². The zero-order valence-electron chi connectivity index (χ0n) is 22.2. The van der Waals surface area contributed by atoms with Gasteiger partial charge in [-0.05, 0) is 43.7 Å². The molecule has 0 saturated carbocycles. The zero-order valence-corrected chi connectivity index (χ0v) is 22.2. The Bertz CT molecular complexity index is 1850. The van der Waals surface area contributed by atoms with Crippen LogP contribution in [0.5, 0.6) is 0 Å². The van der Waals surface area contributed by atoms with Crippen LogP contribution in [0.2, 0.25) is 0 Å². The molecule has 5 heterocycles. The van der Waals surface area contributed by atoms with Crippen molar-refractivity contribution in [2.24, 2.45) is 0 Å². The van der Waals surface area contributed by atoms with Crippen molar-refractivity contribution in [1.29, 1.82) is 0 Å². The molecule has 0 fully saturated rings. The Morgan fingerprint density at radius 2 is 1.83 bits per heavy atom. The molecule has 0 bridgehead atoms. The number of benzene rings is 1. The standard InChI is InChI=1S/C28H26N10O3/c1-16(2)38-25-19(26(40)36-38)8-9-22(32-25)33-28-30-14-20(27-34-23(37-41-27)18-10-12-29-13-11-18)24(35-28)31-21(15-39)17-6-4-3-5-7-17/h3-14,16,21,39H,15H2,1-2H3,(H,36,40)(H2,30,31,32,33,35)/t21-/m1/s1. The number of nitrogens with zero attached hydrogens (tertiary/aromatic N) is 7. The van der Waals surface area contributed by atoms with Gasteiger partial charge < -0.3 is 20.3 Å². The minimum absolute atomic E-state index is 0.00846. The first-order valence-electron chi connectivity index (χ1n) is 12.9. The van der Waals surface area contributed by atoms with E-state index in [1.54, 1.807) is 47.5 Å². The maximum atomic E-state index is 12.3. The number of aromatic nitrogens is 8. The van der Waals surface area contributed by atoms with Gasteiger partial charge in [0.05, 0.1) is 18.0 Å². The summed E-state index contributed by atoms with van der Waals surface area (Å²) in [6.45, 7) is 3.72. The predicted octanol–water partition coefficient (Wildman–Crippen LogP) is 4.10. The van der Waals surface area contributed by atoms with Crippen molar-refractivity contribution in [2.75, 3.05) is 17.2 Å². The Labute approximate surface area is 233 Å². The van der Waals surface area contributed by atoms with Crippen molar-refractivity contribution >= 4 is 28.6 Å². The molecule has 13 nitrogen and oxygen atoms in total. The third kappa shape index (κ3) is 5.25. The molecule has 13 heteroatoms. The number of fused-ring (bicyclic) bond motifs is 1. The van der Waals surface area contributed by atoms with Crippen molar-refractivity contribution in [3.8, 4) is 22.8 Å². The second-order valence-electron chi connectivity index (χ2n) is 9.50. The Hall–Kier alpha value is -5.43. The maximum Gasteiger partial charge on any atom is 0.273 e. The normalized spacial score (nSPS) is 12.1. The summed E-state index contributed by atoms with van der Waals surface area (Å²) in [6.07, 6.45) is 4.85. The van der Waals surface area contributed by atoms with E-state index in [9.17, 15) is 9.90 Å². The number of hydrogen-bond donors (Lipinski definition) is 4. The van der Waals surface area contributed by atoms with Gasteiger partial charge in [0.15, 0.2) is 5.65 Å². The monoisotopic (exact) mass is 550 g/mol. The van der Waals surface area contributed by atoms with Crippen molar-refractivity contribution in [1.82, 2.24) is 39.9 Å². The summed E-state index contributed by atoms with van der Waals surface area (Å²) in [4.78, 5) is 34.6. The summed E-state index contributed by atoms with van der Waals surface area (Å²) in [6, 6.07) is 16.0. The van der Waals surface area contributed by atoms with Gasteiger partial charge in [0.1, 0.15) is 17.2 Å². The number of pyridine rings is 2. The van der Waals surface area contributed by atoms with Crippen LogP contribution in [0.4, 0.5) is 17.6 Å². The Balaban J connectivity index is 1.38. The van der Waals surface area contributed by atoms with E-state index >= 15 is 0 Å². The van der Waals surface area contributed by atoms with Gasteiger partial charge in [0.2, 0.25) is 11.8 Å². The van der Waals surface area contributed by atoms with E-state index in [4.69, 9.17) is 4.52 Å². The van der Waals surface area contributed by atoms with Gasteiger partial charge in [-0.3, -0.25) is 19.6 Å². The number of anilines is 3. The van der Waals surface area contributed by atoms with Crippen LogP contribution in [-0.2, 0) is 0 Å². The molecule has 0 unspecified atom stereocenters. The first kappa shape index (κ1) is 25.8. The number of aromatic amines is 1. The van der Waals surface area contributed by atoms with Crippen molar-refractivity contribution in [3.05, 3.63) is 89.1 Å². The summed E-state index contributed by atoms with van der Waals surface area (Å²) in [7, 11) is 0. The van der Waals surface area contributed by atoms with Crippen LogP contribution in [0.1, 0.15) is 31.5 Å². The molecule has 6 rings (SSSR count). The number of hydrogen-bond acceptors (Lipinski definition) is 11. The summed E-state index contributed by atoms with van der Waals surface area (Å²) >= 11 is 0. The minimum Gasteiger partial charge on any atom is -0.394 e. The molecule has 1 atom stereocenters. The zero-order chi connectivity index (χ0) is 28.3. The molecule has 5 aromatic heterocycles. The first-order valence-corrected chi connectivity index (χ1v) is 12.9. The second kappa shape index (κ2) is 11.0. The molecule has 0 amide bonds. The average molecular weight is 551 g/mol. The van der Waals surface area contributed by atoms with Crippen molar-refractivity contribution in [2.45, 2.75) is 25.9 Å². The van der Waals surface area contributed by atoms with Gasteiger partial charge in [-0.15, -0.1) is 0 Å². The van der Waals surface area contributed by atoms with Crippen molar-refractivity contribution < 1.29 is 9.63 Å². The van der Waals surface area contributed by atoms with Gasteiger partial charge in [-0.1, -0.05) is 35.5 Å². The van der Waals surface area contributed by atoms with Gasteiger partial charge in [-0.2, -0.15) is 9.97 Å². The lowest BCUT2D eigenvalue weighted by atomic mass is 10.1. The van der Waals surface area contributed by atoms with E-state index in [1.165, 1.54) is 0 Å². The third-order valence-corrected chi connectivity index (χ3v) is 6.41. The minimum atomic E-state index is -0.477. The fourth-order valence-corrected chi connectivity index (χ4v) is 4.33. The topological polar surface area (TPSA) is 173 Å². The highest BCUT2D eigenvalue weighted by Crippen LogP contribution is 2.31. The van der Waals surface area contributed by atoms with Crippen LogP contribution in [0.25, 0.3) is 33.9 Å². The van der Waals surface area contributed by atoms with E-state index in [0.29, 0.717) is 34.1 Å².